The number of piperazine rings is 1. The third-order valence-corrected chi connectivity index (χ3v) is 4.08. The zero-order valence-corrected chi connectivity index (χ0v) is 11.7. The van der Waals surface area contributed by atoms with Gasteiger partial charge in [-0.25, -0.2) is 0 Å². The zero-order valence-electron chi connectivity index (χ0n) is 11.7. The molecule has 1 heterocycles. The molecule has 0 aromatic carbocycles. The molecule has 1 aliphatic heterocycles. The number of amides is 1. The van der Waals surface area contributed by atoms with E-state index in [2.05, 4.69) is 10.2 Å². The Morgan fingerprint density at radius 2 is 2.11 bits per heavy atom. The molecule has 2 fully saturated rings. The zero-order chi connectivity index (χ0) is 13.7. The summed E-state index contributed by atoms with van der Waals surface area (Å²) >= 11 is 0. The molecule has 0 unspecified atom stereocenters. The number of nitrogens with zero attached hydrogens (tertiary/aromatic N) is 1. The lowest BCUT2D eigenvalue weighted by Crippen LogP contribution is -2.59. The van der Waals surface area contributed by atoms with Crippen LogP contribution in [-0.2, 0) is 14.3 Å². The molecule has 0 spiro atoms. The summed E-state index contributed by atoms with van der Waals surface area (Å²) in [5.41, 5.74) is 0. The maximum Gasteiger partial charge on any atom is 0.307 e. The van der Waals surface area contributed by atoms with Gasteiger partial charge in [-0.15, -0.1) is 0 Å². The summed E-state index contributed by atoms with van der Waals surface area (Å²) in [6, 6.07) is 0.120. The van der Waals surface area contributed by atoms with E-state index in [0.717, 1.165) is 19.4 Å². The van der Waals surface area contributed by atoms with Gasteiger partial charge in [0, 0.05) is 19.1 Å². The fourth-order valence-electron chi connectivity index (χ4n) is 3.17. The van der Waals surface area contributed by atoms with Gasteiger partial charge in [-0.05, 0) is 19.8 Å². The molecule has 2 rings (SSSR count). The molecule has 5 heteroatoms. The second-order valence-corrected chi connectivity index (χ2v) is 5.35. The van der Waals surface area contributed by atoms with Crippen LogP contribution in [-0.4, -0.2) is 48.6 Å². The van der Waals surface area contributed by atoms with Gasteiger partial charge in [0.05, 0.1) is 19.1 Å². The molecular formula is C14H24N2O3. The third-order valence-electron chi connectivity index (χ3n) is 4.08. The second-order valence-electron chi connectivity index (χ2n) is 5.35. The quantitative estimate of drug-likeness (QED) is 0.775. The number of hydrogen-bond donors (Lipinski definition) is 1. The summed E-state index contributed by atoms with van der Waals surface area (Å²) < 4.78 is 4.98. The first-order valence-electron chi connectivity index (χ1n) is 7.41. The number of carbonyl (C=O) groups is 2. The van der Waals surface area contributed by atoms with Crippen molar-refractivity contribution in [3.63, 3.8) is 0 Å². The summed E-state index contributed by atoms with van der Waals surface area (Å²) in [5.74, 6) is -0.296. The lowest BCUT2D eigenvalue weighted by molar-refractivity contribution is -0.148. The molecule has 2 aliphatic rings. The van der Waals surface area contributed by atoms with E-state index in [9.17, 15) is 9.59 Å². The maximum atomic E-state index is 12.0. The number of hydrogen-bond acceptors (Lipinski definition) is 4. The molecule has 1 saturated heterocycles. The van der Waals surface area contributed by atoms with Crippen molar-refractivity contribution >= 4 is 11.9 Å². The Kier molecular flexibility index (Phi) is 5.19. The first kappa shape index (κ1) is 14.3. The van der Waals surface area contributed by atoms with Crippen molar-refractivity contribution in [1.82, 2.24) is 10.2 Å². The highest BCUT2D eigenvalue weighted by Crippen LogP contribution is 2.26. The summed E-state index contributed by atoms with van der Waals surface area (Å²) in [5, 5.41) is 2.86. The molecule has 19 heavy (non-hydrogen) atoms. The number of esters is 1. The first-order valence-corrected chi connectivity index (χ1v) is 7.41. The predicted octanol–water partition coefficient (Wildman–Crippen LogP) is 1.07. The van der Waals surface area contributed by atoms with Crippen LogP contribution in [0, 0.1) is 0 Å². The predicted molar refractivity (Wildman–Crippen MR) is 71.6 cm³/mol. The number of nitrogens with one attached hydrogen (secondary N) is 1. The fraction of sp³-hybridized carbons (Fsp3) is 0.857. The van der Waals surface area contributed by atoms with Gasteiger partial charge in [0.1, 0.15) is 0 Å². The standard InChI is InChI=1S/C14H24N2O3/c1-2-19-13(17)10-12-14(18)15-8-9-16(12)11-6-4-3-5-7-11/h11-12H,2-10H2,1H3,(H,15,18)/t12-/m0/s1. The van der Waals surface area contributed by atoms with Gasteiger partial charge >= 0.3 is 5.97 Å². The van der Waals surface area contributed by atoms with E-state index in [-0.39, 0.29) is 24.3 Å². The van der Waals surface area contributed by atoms with Gasteiger partial charge in [0.15, 0.2) is 0 Å². The molecule has 1 aliphatic carbocycles. The molecular weight excluding hydrogens is 244 g/mol. The second kappa shape index (κ2) is 6.89. The SMILES string of the molecule is CCOC(=O)C[C@H]1C(=O)NCCN1C1CCCCC1. The highest BCUT2D eigenvalue weighted by atomic mass is 16.5. The Labute approximate surface area is 114 Å². The smallest absolute Gasteiger partial charge is 0.307 e. The maximum absolute atomic E-state index is 12.0. The molecule has 0 radical (unpaired) electrons. The van der Waals surface area contributed by atoms with Gasteiger partial charge in [-0.3, -0.25) is 14.5 Å². The van der Waals surface area contributed by atoms with Crippen LogP contribution in [0.25, 0.3) is 0 Å². The highest BCUT2D eigenvalue weighted by Gasteiger charge is 2.36. The lowest BCUT2D eigenvalue weighted by Gasteiger charge is -2.41. The van der Waals surface area contributed by atoms with Gasteiger partial charge < -0.3 is 10.1 Å². The minimum absolute atomic E-state index is 0.0233. The first-order chi connectivity index (χ1) is 9.22. The van der Waals surface area contributed by atoms with Gasteiger partial charge in [-0.1, -0.05) is 19.3 Å². The largest absolute Gasteiger partial charge is 0.466 e. The van der Waals surface area contributed by atoms with Crippen molar-refractivity contribution in [3.05, 3.63) is 0 Å². The molecule has 1 amide bonds. The highest BCUT2D eigenvalue weighted by molar-refractivity contribution is 5.87. The van der Waals surface area contributed by atoms with Crippen LogP contribution in [0.3, 0.4) is 0 Å². The minimum atomic E-state index is -0.337. The average Bonchev–Trinajstić information content (AvgIpc) is 2.42. The van der Waals surface area contributed by atoms with E-state index in [0.29, 0.717) is 19.2 Å². The molecule has 0 bridgehead atoms. The van der Waals surface area contributed by atoms with E-state index in [1.807, 2.05) is 0 Å². The minimum Gasteiger partial charge on any atom is -0.466 e. The van der Waals surface area contributed by atoms with E-state index < -0.39 is 0 Å². The molecule has 0 aromatic rings. The molecule has 1 atom stereocenters. The van der Waals surface area contributed by atoms with Gasteiger partial charge in [0.2, 0.25) is 5.91 Å². The van der Waals surface area contributed by atoms with E-state index >= 15 is 0 Å². The number of carbonyl (C=O) groups excluding carboxylic acids is 2. The van der Waals surface area contributed by atoms with E-state index in [4.69, 9.17) is 4.74 Å². The Morgan fingerprint density at radius 1 is 1.37 bits per heavy atom. The number of rotatable bonds is 4. The van der Waals surface area contributed by atoms with Gasteiger partial charge in [-0.2, -0.15) is 0 Å². The van der Waals surface area contributed by atoms with Crippen LogP contribution in [0.5, 0.6) is 0 Å². The molecule has 1 N–H and O–H groups in total. The third kappa shape index (κ3) is 3.69. The van der Waals surface area contributed by atoms with Crippen molar-refractivity contribution in [2.45, 2.75) is 57.5 Å². The van der Waals surface area contributed by atoms with Crippen LogP contribution in [0.15, 0.2) is 0 Å². The molecule has 1 saturated carbocycles. The van der Waals surface area contributed by atoms with Crippen molar-refractivity contribution in [2.75, 3.05) is 19.7 Å². The average molecular weight is 268 g/mol. The van der Waals surface area contributed by atoms with Crippen LogP contribution in [0.2, 0.25) is 0 Å². The Balaban J connectivity index is 2.00. The molecule has 108 valence electrons. The summed E-state index contributed by atoms with van der Waals surface area (Å²) in [6.07, 6.45) is 6.22. The van der Waals surface area contributed by atoms with Crippen LogP contribution in [0.1, 0.15) is 45.4 Å². The van der Waals surface area contributed by atoms with Crippen LogP contribution in [0.4, 0.5) is 0 Å². The summed E-state index contributed by atoms with van der Waals surface area (Å²) in [4.78, 5) is 25.9. The lowest BCUT2D eigenvalue weighted by atomic mass is 9.92. The van der Waals surface area contributed by atoms with Crippen LogP contribution < -0.4 is 5.32 Å². The van der Waals surface area contributed by atoms with Crippen molar-refractivity contribution in [1.29, 1.82) is 0 Å². The Bertz CT molecular complexity index is 327. The van der Waals surface area contributed by atoms with Crippen molar-refractivity contribution in [3.8, 4) is 0 Å². The van der Waals surface area contributed by atoms with E-state index in [1.165, 1.54) is 19.3 Å². The normalized spacial score (nSPS) is 25.9. The van der Waals surface area contributed by atoms with Crippen LogP contribution >= 0.6 is 0 Å². The summed E-state index contributed by atoms with van der Waals surface area (Å²) in [6.45, 7) is 3.70. The van der Waals surface area contributed by atoms with E-state index in [1.54, 1.807) is 6.92 Å². The Morgan fingerprint density at radius 3 is 2.79 bits per heavy atom. The van der Waals surface area contributed by atoms with Gasteiger partial charge in [0.25, 0.3) is 0 Å². The Hall–Kier alpha value is -1.10. The summed E-state index contributed by atoms with van der Waals surface area (Å²) in [7, 11) is 0. The molecule has 5 nitrogen and oxygen atoms in total. The monoisotopic (exact) mass is 268 g/mol. The molecule has 0 aromatic heterocycles. The topological polar surface area (TPSA) is 58.6 Å². The van der Waals surface area contributed by atoms with Crippen molar-refractivity contribution < 1.29 is 14.3 Å². The number of ether oxygens (including phenoxy) is 1. The fourth-order valence-corrected chi connectivity index (χ4v) is 3.17. The van der Waals surface area contributed by atoms with Crippen molar-refractivity contribution in [2.24, 2.45) is 0 Å².